The average molecular weight is 290 g/mol. The fourth-order valence-electron chi connectivity index (χ4n) is 2.57. The molecule has 1 rings (SSSR count). The molecular formula is C18H30N2O. The van der Waals surface area contributed by atoms with E-state index in [1.54, 1.807) is 7.05 Å². The average Bonchev–Trinajstić information content (AvgIpc) is 2.43. The van der Waals surface area contributed by atoms with Gasteiger partial charge in [-0.25, -0.2) is 0 Å². The van der Waals surface area contributed by atoms with Crippen LogP contribution in [0, 0.1) is 11.8 Å². The van der Waals surface area contributed by atoms with Crippen LogP contribution in [0.1, 0.15) is 51.8 Å². The maximum atomic E-state index is 11.7. The van der Waals surface area contributed by atoms with E-state index < -0.39 is 0 Å². The summed E-state index contributed by atoms with van der Waals surface area (Å²) in [5, 5.41) is 6.12. The number of benzene rings is 1. The summed E-state index contributed by atoms with van der Waals surface area (Å²) in [7, 11) is 1.67. The van der Waals surface area contributed by atoms with Gasteiger partial charge in [0.15, 0.2) is 0 Å². The van der Waals surface area contributed by atoms with Gasteiger partial charge in [-0.05, 0) is 36.3 Å². The number of rotatable bonds is 7. The van der Waals surface area contributed by atoms with E-state index in [0.717, 1.165) is 6.42 Å². The lowest BCUT2D eigenvalue weighted by atomic mass is 9.93. The largest absolute Gasteiger partial charge is 0.358 e. The molecule has 0 radical (unpaired) electrons. The summed E-state index contributed by atoms with van der Waals surface area (Å²) < 4.78 is 0. The first kappa shape index (κ1) is 17.7. The Bertz CT molecular complexity index is 437. The summed E-state index contributed by atoms with van der Waals surface area (Å²) in [6, 6.07) is 8.77. The predicted molar refractivity (Wildman–Crippen MR) is 89.2 cm³/mol. The van der Waals surface area contributed by atoms with Gasteiger partial charge in [0.1, 0.15) is 0 Å². The molecule has 3 nitrogen and oxygen atoms in total. The van der Waals surface area contributed by atoms with E-state index in [1.165, 1.54) is 11.1 Å². The molecule has 0 heterocycles. The lowest BCUT2D eigenvalue weighted by Gasteiger charge is -2.26. The van der Waals surface area contributed by atoms with Crippen LogP contribution >= 0.6 is 0 Å². The van der Waals surface area contributed by atoms with Gasteiger partial charge in [0.05, 0.1) is 6.04 Å². The van der Waals surface area contributed by atoms with Gasteiger partial charge in [-0.1, -0.05) is 52.0 Å². The monoisotopic (exact) mass is 290 g/mol. The lowest BCUT2D eigenvalue weighted by molar-refractivity contribution is -0.122. The highest BCUT2D eigenvalue weighted by Gasteiger charge is 2.21. The van der Waals surface area contributed by atoms with E-state index >= 15 is 0 Å². The smallest absolute Gasteiger partial charge is 0.236 e. The summed E-state index contributed by atoms with van der Waals surface area (Å²) >= 11 is 0. The molecular weight excluding hydrogens is 260 g/mol. The van der Waals surface area contributed by atoms with E-state index in [1.807, 2.05) is 6.92 Å². The molecule has 2 atom stereocenters. The Kier molecular flexibility index (Phi) is 6.90. The van der Waals surface area contributed by atoms with Crippen molar-refractivity contribution in [1.82, 2.24) is 10.6 Å². The van der Waals surface area contributed by atoms with Crippen molar-refractivity contribution in [3.8, 4) is 0 Å². The maximum absolute atomic E-state index is 11.7. The van der Waals surface area contributed by atoms with Crippen LogP contribution in [-0.4, -0.2) is 19.0 Å². The van der Waals surface area contributed by atoms with Crippen LogP contribution in [0.15, 0.2) is 24.3 Å². The van der Waals surface area contributed by atoms with Crippen molar-refractivity contribution in [2.24, 2.45) is 11.8 Å². The van der Waals surface area contributed by atoms with Crippen LogP contribution < -0.4 is 10.6 Å². The van der Waals surface area contributed by atoms with Crippen molar-refractivity contribution in [3.63, 3.8) is 0 Å². The second-order valence-electron chi connectivity index (χ2n) is 6.56. The van der Waals surface area contributed by atoms with Crippen molar-refractivity contribution in [2.75, 3.05) is 7.05 Å². The number of hydrogen-bond acceptors (Lipinski definition) is 2. The number of carbonyl (C=O) groups excluding carboxylic acids is 1. The third-order valence-corrected chi connectivity index (χ3v) is 3.72. The fourth-order valence-corrected chi connectivity index (χ4v) is 2.57. The van der Waals surface area contributed by atoms with Crippen LogP contribution in [0.4, 0.5) is 0 Å². The first-order chi connectivity index (χ1) is 9.85. The molecule has 0 saturated carbocycles. The highest BCUT2D eigenvalue weighted by Crippen LogP contribution is 2.23. The van der Waals surface area contributed by atoms with E-state index in [0.29, 0.717) is 11.8 Å². The highest BCUT2D eigenvalue weighted by molar-refractivity contribution is 5.81. The van der Waals surface area contributed by atoms with E-state index in [4.69, 9.17) is 0 Å². The molecule has 0 unspecified atom stereocenters. The molecule has 0 saturated heterocycles. The summed E-state index contributed by atoms with van der Waals surface area (Å²) in [6.07, 6.45) is 1.11. The van der Waals surface area contributed by atoms with Crippen LogP contribution in [0.25, 0.3) is 0 Å². The lowest BCUT2D eigenvalue weighted by Crippen LogP contribution is -2.43. The standard InChI is InChI=1S/C18H30N2O/c1-12(2)11-15-7-9-16(10-8-15)17(13(3)4)20-14(5)18(21)19-6/h7-10,12-14,17,20H,11H2,1-6H3,(H,19,21)/t14-,17+/m0/s1. The van der Waals surface area contributed by atoms with E-state index in [2.05, 4.69) is 62.6 Å². The predicted octanol–water partition coefficient (Wildman–Crippen LogP) is 3.31. The van der Waals surface area contributed by atoms with Crippen LogP contribution in [0.5, 0.6) is 0 Å². The summed E-state index contributed by atoms with van der Waals surface area (Å²) in [6.45, 7) is 10.7. The van der Waals surface area contributed by atoms with Gasteiger partial charge in [0.25, 0.3) is 0 Å². The summed E-state index contributed by atoms with van der Waals surface area (Å²) in [5.41, 5.74) is 2.61. The fraction of sp³-hybridized carbons (Fsp3) is 0.611. The zero-order valence-corrected chi connectivity index (χ0v) is 14.2. The first-order valence-electron chi connectivity index (χ1n) is 7.91. The molecule has 1 aromatic carbocycles. The van der Waals surface area contributed by atoms with Crippen LogP contribution in [0.2, 0.25) is 0 Å². The quantitative estimate of drug-likeness (QED) is 0.809. The SMILES string of the molecule is CNC(=O)[C@H](C)N[C@@H](c1ccc(CC(C)C)cc1)C(C)C. The van der Waals surface area contributed by atoms with Crippen molar-refractivity contribution in [1.29, 1.82) is 0 Å². The Hall–Kier alpha value is -1.35. The molecule has 0 aliphatic rings. The molecule has 21 heavy (non-hydrogen) atoms. The number of carbonyl (C=O) groups is 1. The molecule has 118 valence electrons. The Balaban J connectivity index is 2.83. The summed E-state index contributed by atoms with van der Waals surface area (Å²) in [4.78, 5) is 11.7. The van der Waals surface area contributed by atoms with Gasteiger partial charge in [0.2, 0.25) is 5.91 Å². The van der Waals surface area contributed by atoms with E-state index in [9.17, 15) is 4.79 Å². The number of amides is 1. The minimum absolute atomic E-state index is 0.0251. The third kappa shape index (κ3) is 5.50. The molecule has 1 amide bonds. The Morgan fingerprint density at radius 3 is 2.05 bits per heavy atom. The van der Waals surface area contributed by atoms with Crippen LogP contribution in [-0.2, 0) is 11.2 Å². The van der Waals surface area contributed by atoms with Crippen LogP contribution in [0.3, 0.4) is 0 Å². The van der Waals surface area contributed by atoms with Gasteiger partial charge in [-0.15, -0.1) is 0 Å². The van der Waals surface area contributed by atoms with Gasteiger partial charge >= 0.3 is 0 Å². The zero-order chi connectivity index (χ0) is 16.0. The Morgan fingerprint density at radius 1 is 1.05 bits per heavy atom. The molecule has 2 N–H and O–H groups in total. The number of nitrogens with one attached hydrogen (secondary N) is 2. The van der Waals surface area contributed by atoms with Gasteiger partial charge in [-0.2, -0.15) is 0 Å². The first-order valence-corrected chi connectivity index (χ1v) is 7.91. The molecule has 0 aliphatic carbocycles. The molecule has 0 aliphatic heterocycles. The molecule has 1 aromatic rings. The van der Waals surface area contributed by atoms with Crippen molar-refractivity contribution in [3.05, 3.63) is 35.4 Å². The Morgan fingerprint density at radius 2 is 1.62 bits per heavy atom. The number of hydrogen-bond donors (Lipinski definition) is 2. The third-order valence-electron chi connectivity index (χ3n) is 3.72. The van der Waals surface area contributed by atoms with Crippen molar-refractivity contribution >= 4 is 5.91 Å². The van der Waals surface area contributed by atoms with Crippen molar-refractivity contribution in [2.45, 2.75) is 53.1 Å². The topological polar surface area (TPSA) is 41.1 Å². The van der Waals surface area contributed by atoms with E-state index in [-0.39, 0.29) is 18.0 Å². The Labute approximate surface area is 129 Å². The highest BCUT2D eigenvalue weighted by atomic mass is 16.2. The van der Waals surface area contributed by atoms with Gasteiger partial charge in [0, 0.05) is 13.1 Å². The second kappa shape index (κ2) is 8.18. The van der Waals surface area contributed by atoms with Gasteiger partial charge < -0.3 is 5.32 Å². The zero-order valence-electron chi connectivity index (χ0n) is 14.2. The minimum Gasteiger partial charge on any atom is -0.358 e. The molecule has 0 bridgehead atoms. The minimum atomic E-state index is -0.197. The number of likely N-dealkylation sites (N-methyl/N-ethyl adjacent to an activating group) is 1. The molecule has 0 aromatic heterocycles. The molecule has 0 fully saturated rings. The van der Waals surface area contributed by atoms with Gasteiger partial charge in [-0.3, -0.25) is 10.1 Å². The molecule has 3 heteroatoms. The summed E-state index contributed by atoms with van der Waals surface area (Å²) in [5.74, 6) is 1.12. The molecule has 0 spiro atoms. The second-order valence-corrected chi connectivity index (χ2v) is 6.56. The normalized spacial score (nSPS) is 14.3. The van der Waals surface area contributed by atoms with Crippen molar-refractivity contribution < 1.29 is 4.79 Å². The maximum Gasteiger partial charge on any atom is 0.236 e.